The molecule has 0 bridgehead atoms. The zero-order valence-electron chi connectivity index (χ0n) is 17.1. The van der Waals surface area contributed by atoms with Crippen LogP contribution in [0.25, 0.3) is 0 Å². The van der Waals surface area contributed by atoms with Gasteiger partial charge < -0.3 is 0 Å². The van der Waals surface area contributed by atoms with E-state index in [1.165, 1.54) is 61.0 Å². The number of aryl methyl sites for hydroxylation is 2. The Morgan fingerprint density at radius 1 is 0.862 bits per heavy atom. The molecule has 0 spiro atoms. The Balaban J connectivity index is 1.49. The number of aliphatic imine (C=N–C) groups is 1. The first-order valence-electron chi connectivity index (χ1n) is 10.8. The summed E-state index contributed by atoms with van der Waals surface area (Å²) >= 11 is 0. The van der Waals surface area contributed by atoms with E-state index >= 15 is 0 Å². The number of likely N-dealkylation sites (tertiary alicyclic amines) is 1. The van der Waals surface area contributed by atoms with Gasteiger partial charge in [0.1, 0.15) is 0 Å². The van der Waals surface area contributed by atoms with Crippen molar-refractivity contribution in [2.75, 3.05) is 13.1 Å². The predicted octanol–water partition coefficient (Wildman–Crippen LogP) is 5.73. The van der Waals surface area contributed by atoms with E-state index < -0.39 is 0 Å². The molecule has 1 heterocycles. The van der Waals surface area contributed by atoms with Crippen LogP contribution in [0.4, 0.5) is 5.69 Å². The molecule has 1 atom stereocenters. The third kappa shape index (κ3) is 3.90. The molecule has 2 heteroatoms. The molecule has 1 aliphatic carbocycles. The van der Waals surface area contributed by atoms with Gasteiger partial charge in [0, 0.05) is 17.2 Å². The smallest absolute Gasteiger partial charge is 0.0781 e. The first kappa shape index (κ1) is 18.3. The second kappa shape index (κ2) is 7.96. The average Bonchev–Trinajstić information content (AvgIpc) is 2.71. The minimum Gasteiger partial charge on any atom is -0.300 e. The van der Waals surface area contributed by atoms with E-state index in [2.05, 4.69) is 84.6 Å². The fraction of sp³-hybridized carbons (Fsp3) is 0.296. The van der Waals surface area contributed by atoms with Crippen LogP contribution >= 0.6 is 0 Å². The highest BCUT2D eigenvalue weighted by atomic mass is 15.2. The second-order valence-corrected chi connectivity index (χ2v) is 8.44. The van der Waals surface area contributed by atoms with Crippen LogP contribution in [0, 0.1) is 6.92 Å². The van der Waals surface area contributed by atoms with Gasteiger partial charge in [-0.25, -0.2) is 4.99 Å². The molecular formula is C27H28N2. The minimum atomic E-state index is 0.748. The second-order valence-electron chi connectivity index (χ2n) is 8.44. The number of benzene rings is 3. The first-order chi connectivity index (χ1) is 14.3. The fourth-order valence-electron chi connectivity index (χ4n) is 4.62. The average molecular weight is 381 g/mol. The largest absolute Gasteiger partial charge is 0.300 e. The number of hydrogen-bond acceptors (Lipinski definition) is 2. The van der Waals surface area contributed by atoms with E-state index in [0.717, 1.165) is 23.0 Å². The van der Waals surface area contributed by atoms with Crippen LogP contribution in [-0.2, 0) is 12.8 Å². The number of hydrogen-bond donors (Lipinski definition) is 0. The highest BCUT2D eigenvalue weighted by Crippen LogP contribution is 2.30. The van der Waals surface area contributed by atoms with Gasteiger partial charge in [-0.1, -0.05) is 60.2 Å². The Kier molecular flexibility index (Phi) is 5.03. The zero-order valence-corrected chi connectivity index (χ0v) is 17.1. The Bertz CT molecular complexity index is 1030. The molecule has 1 aliphatic heterocycles. The third-order valence-electron chi connectivity index (χ3n) is 6.38. The predicted molar refractivity (Wildman–Crippen MR) is 121 cm³/mol. The molecule has 3 aromatic rings. The van der Waals surface area contributed by atoms with Gasteiger partial charge in [-0.05, 0) is 75.0 Å². The van der Waals surface area contributed by atoms with Crippen LogP contribution in [0.2, 0.25) is 0 Å². The summed E-state index contributed by atoms with van der Waals surface area (Å²) in [6.45, 7) is 4.72. The summed E-state index contributed by atoms with van der Waals surface area (Å²) in [5.74, 6) is 0. The standard InChI is InChI=1S/C27H28N2/c1-20-7-5-10-24(17-20)27(21-8-3-2-4-9-21)28-25-13-11-23-19-26(29-15-6-16-29)14-12-22(23)18-25/h2-5,7-11,13,17-18,26H,6,12,14-16,19H2,1H3. The summed E-state index contributed by atoms with van der Waals surface area (Å²) in [4.78, 5) is 7.79. The maximum absolute atomic E-state index is 5.14. The molecule has 1 unspecified atom stereocenters. The van der Waals surface area contributed by atoms with Crippen molar-refractivity contribution in [3.05, 3.63) is 101 Å². The number of rotatable bonds is 4. The molecule has 2 nitrogen and oxygen atoms in total. The first-order valence-corrected chi connectivity index (χ1v) is 10.8. The Morgan fingerprint density at radius 2 is 1.69 bits per heavy atom. The molecule has 3 aromatic carbocycles. The van der Waals surface area contributed by atoms with Gasteiger partial charge in [0.2, 0.25) is 0 Å². The number of nitrogens with zero attached hydrogens (tertiary/aromatic N) is 2. The van der Waals surface area contributed by atoms with Gasteiger partial charge in [0.05, 0.1) is 11.4 Å². The van der Waals surface area contributed by atoms with Gasteiger partial charge >= 0.3 is 0 Å². The van der Waals surface area contributed by atoms with Crippen molar-refractivity contribution in [3.8, 4) is 0 Å². The van der Waals surface area contributed by atoms with Crippen molar-refractivity contribution in [2.24, 2.45) is 4.99 Å². The van der Waals surface area contributed by atoms with Crippen LogP contribution in [0.5, 0.6) is 0 Å². The highest BCUT2D eigenvalue weighted by molar-refractivity contribution is 6.14. The van der Waals surface area contributed by atoms with Crippen molar-refractivity contribution in [3.63, 3.8) is 0 Å². The number of fused-ring (bicyclic) bond motifs is 1. The van der Waals surface area contributed by atoms with Crippen molar-refractivity contribution in [1.29, 1.82) is 0 Å². The fourth-order valence-corrected chi connectivity index (χ4v) is 4.62. The van der Waals surface area contributed by atoms with Crippen molar-refractivity contribution < 1.29 is 0 Å². The van der Waals surface area contributed by atoms with Crippen LogP contribution in [0.15, 0.2) is 77.8 Å². The molecule has 0 saturated carbocycles. The Hall–Kier alpha value is -2.71. The summed E-state index contributed by atoms with van der Waals surface area (Å²) in [5.41, 5.74) is 8.70. The molecule has 5 rings (SSSR count). The van der Waals surface area contributed by atoms with Crippen LogP contribution in [0.3, 0.4) is 0 Å². The lowest BCUT2D eigenvalue weighted by molar-refractivity contribution is 0.107. The maximum Gasteiger partial charge on any atom is 0.0781 e. The van der Waals surface area contributed by atoms with Crippen LogP contribution in [-0.4, -0.2) is 29.7 Å². The molecule has 1 saturated heterocycles. The SMILES string of the molecule is Cc1cccc(C(=Nc2ccc3c(c2)CCC(N2CCC2)C3)c2ccccc2)c1. The van der Waals surface area contributed by atoms with Gasteiger partial charge in [-0.2, -0.15) is 0 Å². The molecule has 2 aliphatic rings. The monoisotopic (exact) mass is 380 g/mol. The molecule has 0 radical (unpaired) electrons. The summed E-state index contributed by atoms with van der Waals surface area (Å²) in [5, 5.41) is 0. The van der Waals surface area contributed by atoms with E-state index in [-0.39, 0.29) is 0 Å². The van der Waals surface area contributed by atoms with Crippen LogP contribution < -0.4 is 0 Å². The molecule has 0 amide bonds. The topological polar surface area (TPSA) is 15.6 Å². The van der Waals surface area contributed by atoms with E-state index in [1.54, 1.807) is 0 Å². The van der Waals surface area contributed by atoms with Crippen molar-refractivity contribution in [1.82, 2.24) is 4.90 Å². The Labute approximate surface area is 173 Å². The zero-order chi connectivity index (χ0) is 19.6. The van der Waals surface area contributed by atoms with Crippen molar-refractivity contribution >= 4 is 11.4 Å². The lowest BCUT2D eigenvalue weighted by Gasteiger charge is -2.40. The molecule has 0 N–H and O–H groups in total. The highest BCUT2D eigenvalue weighted by Gasteiger charge is 2.27. The van der Waals surface area contributed by atoms with Gasteiger partial charge in [-0.15, -0.1) is 0 Å². The summed E-state index contributed by atoms with van der Waals surface area (Å²) in [6.07, 6.45) is 5.02. The minimum absolute atomic E-state index is 0.748. The summed E-state index contributed by atoms with van der Waals surface area (Å²) in [6, 6.07) is 26.8. The molecular weight excluding hydrogens is 352 g/mol. The van der Waals surface area contributed by atoms with Gasteiger partial charge in [0.15, 0.2) is 0 Å². The summed E-state index contributed by atoms with van der Waals surface area (Å²) < 4.78 is 0. The van der Waals surface area contributed by atoms with Gasteiger partial charge in [0.25, 0.3) is 0 Å². The lowest BCUT2D eigenvalue weighted by Crippen LogP contribution is -2.47. The Morgan fingerprint density at radius 3 is 2.45 bits per heavy atom. The molecule has 1 fully saturated rings. The van der Waals surface area contributed by atoms with E-state index in [9.17, 15) is 0 Å². The van der Waals surface area contributed by atoms with Crippen LogP contribution in [0.1, 0.15) is 40.7 Å². The van der Waals surface area contributed by atoms with Gasteiger partial charge in [-0.3, -0.25) is 4.90 Å². The molecule has 146 valence electrons. The summed E-state index contributed by atoms with van der Waals surface area (Å²) in [7, 11) is 0. The van der Waals surface area contributed by atoms with Crippen molar-refractivity contribution in [2.45, 2.75) is 38.6 Å². The molecule has 29 heavy (non-hydrogen) atoms. The lowest BCUT2D eigenvalue weighted by atomic mass is 9.86. The van der Waals surface area contributed by atoms with E-state index in [4.69, 9.17) is 4.99 Å². The quantitative estimate of drug-likeness (QED) is 0.528. The third-order valence-corrected chi connectivity index (χ3v) is 6.38. The van der Waals surface area contributed by atoms with E-state index in [1.807, 2.05) is 0 Å². The molecule has 0 aromatic heterocycles. The normalized spacial score (nSPS) is 19.5. The maximum atomic E-state index is 5.14. The van der Waals surface area contributed by atoms with E-state index in [0.29, 0.717) is 0 Å².